The van der Waals surface area contributed by atoms with E-state index in [1.807, 2.05) is 0 Å². The number of ether oxygens (including phenoxy) is 1. The third kappa shape index (κ3) is 3.82. The van der Waals surface area contributed by atoms with Crippen molar-refractivity contribution in [2.75, 3.05) is 6.61 Å². The molecule has 1 aromatic carbocycles. The van der Waals surface area contributed by atoms with Crippen LogP contribution in [-0.2, 0) is 16.0 Å². The van der Waals surface area contributed by atoms with Crippen molar-refractivity contribution in [2.45, 2.75) is 6.42 Å². The second-order valence-electron chi connectivity index (χ2n) is 3.88. The highest BCUT2D eigenvalue weighted by Crippen LogP contribution is 2.37. The molecule has 0 N–H and O–H groups in total. The molecule has 116 valence electrons. The number of nitro groups is 3. The van der Waals surface area contributed by atoms with Crippen LogP contribution in [0.3, 0.4) is 0 Å². The van der Waals surface area contributed by atoms with Gasteiger partial charge in [0.1, 0.15) is 0 Å². The number of nitro benzene ring substituents is 3. The molecule has 0 aliphatic carbocycles. The number of esters is 1. The monoisotopic (exact) mass is 311 g/mol. The van der Waals surface area contributed by atoms with Crippen LogP contribution in [0.15, 0.2) is 24.8 Å². The summed E-state index contributed by atoms with van der Waals surface area (Å²) >= 11 is 0. The van der Waals surface area contributed by atoms with E-state index in [2.05, 4.69) is 11.3 Å². The second-order valence-corrected chi connectivity index (χ2v) is 3.88. The van der Waals surface area contributed by atoms with Gasteiger partial charge in [-0.2, -0.15) is 0 Å². The number of carbonyl (C=O) groups excluding carboxylic acids is 1. The Morgan fingerprint density at radius 1 is 1.09 bits per heavy atom. The van der Waals surface area contributed by atoms with Crippen molar-refractivity contribution in [1.29, 1.82) is 0 Å². The Hall–Kier alpha value is -3.37. The van der Waals surface area contributed by atoms with Crippen molar-refractivity contribution in [3.8, 4) is 0 Å². The van der Waals surface area contributed by atoms with Gasteiger partial charge in [0.15, 0.2) is 0 Å². The van der Waals surface area contributed by atoms with Gasteiger partial charge in [0.2, 0.25) is 0 Å². The van der Waals surface area contributed by atoms with Gasteiger partial charge in [-0.3, -0.25) is 30.3 Å². The topological polar surface area (TPSA) is 156 Å². The molecule has 0 radical (unpaired) electrons. The van der Waals surface area contributed by atoms with E-state index in [9.17, 15) is 35.1 Å². The summed E-state index contributed by atoms with van der Waals surface area (Å²) in [6.45, 7) is 2.95. The van der Waals surface area contributed by atoms with Crippen LogP contribution in [0.2, 0.25) is 0 Å². The first kappa shape index (κ1) is 16.7. The standard InChI is InChI=1S/C11H9N3O8/c1-2-10(15)22-4-3-7-5-8(12(16)17)11(14(20)21)9(6-7)13(18)19/h2,5-6H,1,3-4H2. The smallest absolute Gasteiger partial charge is 0.422 e. The molecule has 0 heterocycles. The van der Waals surface area contributed by atoms with E-state index in [1.165, 1.54) is 0 Å². The number of rotatable bonds is 7. The third-order valence-corrected chi connectivity index (χ3v) is 2.51. The van der Waals surface area contributed by atoms with E-state index in [1.54, 1.807) is 0 Å². The van der Waals surface area contributed by atoms with Gasteiger partial charge in [0.05, 0.1) is 21.4 Å². The zero-order valence-corrected chi connectivity index (χ0v) is 11.0. The first-order valence-corrected chi connectivity index (χ1v) is 5.67. The van der Waals surface area contributed by atoms with Gasteiger partial charge in [0, 0.05) is 24.6 Å². The highest BCUT2D eigenvalue weighted by molar-refractivity contribution is 5.81. The lowest BCUT2D eigenvalue weighted by atomic mass is 10.1. The molecule has 11 nitrogen and oxygen atoms in total. The van der Waals surface area contributed by atoms with E-state index in [0.717, 1.165) is 18.2 Å². The van der Waals surface area contributed by atoms with E-state index in [-0.39, 0.29) is 18.6 Å². The Bertz CT molecular complexity index is 634. The predicted octanol–water partition coefficient (Wildman–Crippen LogP) is 1.68. The predicted molar refractivity (Wildman–Crippen MR) is 71.3 cm³/mol. The highest BCUT2D eigenvalue weighted by atomic mass is 16.6. The van der Waals surface area contributed by atoms with Crippen LogP contribution < -0.4 is 0 Å². The molecule has 0 amide bonds. The van der Waals surface area contributed by atoms with Gasteiger partial charge in [-0.25, -0.2) is 4.79 Å². The second kappa shape index (κ2) is 6.88. The third-order valence-electron chi connectivity index (χ3n) is 2.51. The van der Waals surface area contributed by atoms with Gasteiger partial charge in [-0.15, -0.1) is 0 Å². The van der Waals surface area contributed by atoms with Crippen LogP contribution in [0, 0.1) is 30.3 Å². The van der Waals surface area contributed by atoms with Crippen LogP contribution in [0.1, 0.15) is 5.56 Å². The van der Waals surface area contributed by atoms with E-state index in [4.69, 9.17) is 0 Å². The summed E-state index contributed by atoms with van der Waals surface area (Å²) in [5, 5.41) is 32.5. The zero-order chi connectivity index (χ0) is 16.9. The maximum Gasteiger partial charge on any atom is 0.422 e. The van der Waals surface area contributed by atoms with Gasteiger partial charge in [-0.05, 0) is 5.56 Å². The van der Waals surface area contributed by atoms with Crippen LogP contribution >= 0.6 is 0 Å². The largest absolute Gasteiger partial charge is 0.462 e. The number of benzene rings is 1. The summed E-state index contributed by atoms with van der Waals surface area (Å²) in [6, 6.07) is 1.68. The normalized spacial score (nSPS) is 9.82. The fourth-order valence-electron chi connectivity index (χ4n) is 1.60. The van der Waals surface area contributed by atoms with E-state index < -0.39 is 37.8 Å². The Morgan fingerprint density at radius 3 is 1.95 bits per heavy atom. The summed E-state index contributed by atoms with van der Waals surface area (Å²) in [6.07, 6.45) is 0.819. The molecule has 11 heteroatoms. The summed E-state index contributed by atoms with van der Waals surface area (Å²) < 4.78 is 4.64. The quantitative estimate of drug-likeness (QED) is 0.318. The molecule has 0 aromatic heterocycles. The molecule has 1 aromatic rings. The summed E-state index contributed by atoms with van der Waals surface area (Å²) in [5.41, 5.74) is -3.13. The minimum absolute atomic E-state index is 0.0564. The average Bonchev–Trinajstić information content (AvgIpc) is 2.45. The maximum atomic E-state index is 10.9. The van der Waals surface area contributed by atoms with Gasteiger partial charge >= 0.3 is 23.0 Å². The number of nitrogens with zero attached hydrogens (tertiary/aromatic N) is 3. The molecule has 0 saturated carbocycles. The molecule has 0 unspecified atom stereocenters. The molecule has 22 heavy (non-hydrogen) atoms. The summed E-state index contributed by atoms with van der Waals surface area (Å²) in [7, 11) is 0. The van der Waals surface area contributed by atoms with Crippen LogP contribution in [0.5, 0.6) is 0 Å². The van der Waals surface area contributed by atoms with Crippen molar-refractivity contribution < 1.29 is 24.3 Å². The summed E-state index contributed by atoms with van der Waals surface area (Å²) in [5.74, 6) is -0.731. The Balaban J connectivity index is 3.23. The first-order chi connectivity index (χ1) is 10.3. The lowest BCUT2D eigenvalue weighted by molar-refractivity contribution is -0.441. The molecule has 1 rings (SSSR count). The van der Waals surface area contributed by atoms with Crippen LogP contribution in [0.4, 0.5) is 17.1 Å². The lowest BCUT2D eigenvalue weighted by Crippen LogP contribution is -2.07. The SMILES string of the molecule is C=CC(=O)OCCc1cc([N+](=O)[O-])c([N+](=O)[O-])c([N+](=O)[O-])c1. The Labute approximate surface area is 122 Å². The molecule has 0 aliphatic heterocycles. The molecule has 0 fully saturated rings. The molecule has 0 aliphatic rings. The van der Waals surface area contributed by atoms with Crippen molar-refractivity contribution in [3.05, 3.63) is 60.7 Å². The molecule has 0 bridgehead atoms. The summed E-state index contributed by atoms with van der Waals surface area (Å²) in [4.78, 5) is 40.1. The zero-order valence-electron chi connectivity index (χ0n) is 11.0. The molecule has 0 atom stereocenters. The molecule has 0 spiro atoms. The molecular weight excluding hydrogens is 302 g/mol. The number of hydrogen-bond donors (Lipinski definition) is 0. The van der Waals surface area contributed by atoms with Crippen LogP contribution in [0.25, 0.3) is 0 Å². The van der Waals surface area contributed by atoms with E-state index >= 15 is 0 Å². The minimum atomic E-state index is -1.19. The maximum absolute atomic E-state index is 10.9. The van der Waals surface area contributed by atoms with E-state index in [0.29, 0.717) is 0 Å². The average molecular weight is 311 g/mol. The highest BCUT2D eigenvalue weighted by Gasteiger charge is 2.36. The Morgan fingerprint density at radius 2 is 1.59 bits per heavy atom. The van der Waals surface area contributed by atoms with Crippen molar-refractivity contribution >= 4 is 23.0 Å². The van der Waals surface area contributed by atoms with Crippen molar-refractivity contribution in [1.82, 2.24) is 0 Å². The first-order valence-electron chi connectivity index (χ1n) is 5.67. The number of hydrogen-bond acceptors (Lipinski definition) is 8. The van der Waals surface area contributed by atoms with Gasteiger partial charge < -0.3 is 4.74 Å². The van der Waals surface area contributed by atoms with Gasteiger partial charge in [-0.1, -0.05) is 6.58 Å². The number of carbonyl (C=O) groups is 1. The van der Waals surface area contributed by atoms with Crippen molar-refractivity contribution in [2.24, 2.45) is 0 Å². The molecule has 0 saturated heterocycles. The fourth-order valence-corrected chi connectivity index (χ4v) is 1.60. The van der Waals surface area contributed by atoms with Gasteiger partial charge in [0.25, 0.3) is 0 Å². The van der Waals surface area contributed by atoms with Crippen LogP contribution in [-0.4, -0.2) is 27.3 Å². The lowest BCUT2D eigenvalue weighted by Gasteiger charge is -2.03. The Kier molecular flexibility index (Phi) is 5.21. The minimum Gasteiger partial charge on any atom is -0.462 e. The molecular formula is C11H9N3O8. The van der Waals surface area contributed by atoms with Crippen molar-refractivity contribution in [3.63, 3.8) is 0 Å². The fraction of sp³-hybridized carbons (Fsp3) is 0.182.